The zero-order valence-electron chi connectivity index (χ0n) is 13.2. The number of hydrogen-bond donors (Lipinski definition) is 2. The van der Waals surface area contributed by atoms with E-state index in [2.05, 4.69) is 4.72 Å². The van der Waals surface area contributed by atoms with E-state index < -0.39 is 32.7 Å². The molecule has 1 fully saturated rings. The zero-order valence-corrected chi connectivity index (χ0v) is 14.0. The van der Waals surface area contributed by atoms with Crippen LogP contribution >= 0.6 is 0 Å². The van der Waals surface area contributed by atoms with Gasteiger partial charge in [0.15, 0.2) is 0 Å². The molecule has 21 heavy (non-hydrogen) atoms. The largest absolute Gasteiger partial charge is 0.469 e. The first-order valence-electron chi connectivity index (χ1n) is 7.66. The first-order chi connectivity index (χ1) is 9.85. The summed E-state index contributed by atoms with van der Waals surface area (Å²) < 4.78 is 33.0. The molecule has 6 nitrogen and oxygen atoms in total. The van der Waals surface area contributed by atoms with Crippen LogP contribution in [0.5, 0.6) is 0 Å². The van der Waals surface area contributed by atoms with Crippen LogP contribution in [-0.4, -0.2) is 38.8 Å². The van der Waals surface area contributed by atoms with Gasteiger partial charge in [-0.1, -0.05) is 26.7 Å². The minimum Gasteiger partial charge on any atom is -0.469 e. The van der Waals surface area contributed by atoms with Gasteiger partial charge in [0.2, 0.25) is 10.0 Å². The minimum absolute atomic E-state index is 0.245. The zero-order chi connectivity index (χ0) is 16.1. The Morgan fingerprint density at radius 1 is 1.29 bits per heavy atom. The highest BCUT2D eigenvalue weighted by atomic mass is 32.2. The molecule has 0 saturated heterocycles. The van der Waals surface area contributed by atoms with Crippen molar-refractivity contribution >= 4 is 16.0 Å². The van der Waals surface area contributed by atoms with Gasteiger partial charge in [-0.15, -0.1) is 0 Å². The predicted octanol–water partition coefficient (Wildman–Crippen LogP) is 1.16. The molecule has 1 aliphatic rings. The summed E-state index contributed by atoms with van der Waals surface area (Å²) in [5.74, 6) is -1.01. The average molecular weight is 320 g/mol. The molecule has 1 saturated carbocycles. The fourth-order valence-corrected chi connectivity index (χ4v) is 5.28. The normalized spacial score (nSPS) is 23.8. The molecule has 124 valence electrons. The summed E-state index contributed by atoms with van der Waals surface area (Å²) in [4.78, 5) is 11.9. The van der Waals surface area contributed by atoms with Crippen LogP contribution in [-0.2, 0) is 19.6 Å². The van der Waals surface area contributed by atoms with Crippen LogP contribution in [0.2, 0.25) is 0 Å². The third kappa shape index (κ3) is 4.17. The fourth-order valence-electron chi connectivity index (χ4n) is 2.99. The quantitative estimate of drug-likeness (QED) is 0.686. The Bertz CT molecular complexity index is 438. The fraction of sp³-hybridized carbons (Fsp3) is 0.929. The van der Waals surface area contributed by atoms with E-state index in [1.807, 2.05) is 13.8 Å². The van der Waals surface area contributed by atoms with Crippen LogP contribution in [0.25, 0.3) is 0 Å². The maximum Gasteiger partial charge on any atom is 0.310 e. The summed E-state index contributed by atoms with van der Waals surface area (Å²) in [6.45, 7) is 4.07. The topological polar surface area (TPSA) is 98.5 Å². The summed E-state index contributed by atoms with van der Waals surface area (Å²) >= 11 is 0. The number of esters is 1. The lowest BCUT2D eigenvalue weighted by Gasteiger charge is -2.36. The van der Waals surface area contributed by atoms with Crippen LogP contribution in [0, 0.1) is 5.92 Å². The van der Waals surface area contributed by atoms with Crippen molar-refractivity contribution in [1.82, 2.24) is 4.72 Å². The van der Waals surface area contributed by atoms with E-state index in [1.165, 1.54) is 7.11 Å². The maximum atomic E-state index is 12.7. The van der Waals surface area contributed by atoms with Crippen molar-refractivity contribution in [1.29, 1.82) is 0 Å². The van der Waals surface area contributed by atoms with Crippen molar-refractivity contribution in [2.24, 2.45) is 11.7 Å². The van der Waals surface area contributed by atoms with Gasteiger partial charge in [-0.2, -0.15) is 0 Å². The third-order valence-electron chi connectivity index (χ3n) is 4.71. The lowest BCUT2D eigenvalue weighted by atomic mass is 9.89. The Morgan fingerprint density at radius 3 is 2.33 bits per heavy atom. The Kier molecular flexibility index (Phi) is 6.62. The molecule has 0 amide bonds. The standard InChI is InChI=1S/C14H28N2O4S/c1-4-14(5-2,10-15)16-21(18,19)12-9-7-6-8-11(12)13(17)20-3/h11-12,16H,4-10,15H2,1-3H3. The highest BCUT2D eigenvalue weighted by Crippen LogP contribution is 2.31. The van der Waals surface area contributed by atoms with Crippen molar-refractivity contribution in [3.63, 3.8) is 0 Å². The van der Waals surface area contributed by atoms with E-state index in [1.54, 1.807) is 0 Å². The van der Waals surface area contributed by atoms with Crippen LogP contribution in [0.15, 0.2) is 0 Å². The van der Waals surface area contributed by atoms with Gasteiger partial charge in [-0.05, 0) is 25.7 Å². The van der Waals surface area contributed by atoms with Gasteiger partial charge in [-0.25, -0.2) is 13.1 Å². The summed E-state index contributed by atoms with van der Waals surface area (Å²) in [6, 6.07) is 0. The second-order valence-electron chi connectivity index (χ2n) is 5.79. The number of nitrogens with two attached hydrogens (primary N) is 1. The van der Waals surface area contributed by atoms with Crippen molar-refractivity contribution in [2.75, 3.05) is 13.7 Å². The molecule has 0 aliphatic heterocycles. The van der Waals surface area contributed by atoms with Gasteiger partial charge in [0, 0.05) is 12.1 Å². The highest BCUT2D eigenvalue weighted by molar-refractivity contribution is 7.90. The van der Waals surface area contributed by atoms with E-state index in [9.17, 15) is 13.2 Å². The number of carbonyl (C=O) groups is 1. The van der Waals surface area contributed by atoms with Crippen LogP contribution in [0.4, 0.5) is 0 Å². The maximum absolute atomic E-state index is 12.7. The second kappa shape index (κ2) is 7.56. The Hall–Kier alpha value is -0.660. The molecule has 7 heteroatoms. The average Bonchev–Trinajstić information content (AvgIpc) is 2.52. The smallest absolute Gasteiger partial charge is 0.310 e. The number of nitrogens with one attached hydrogen (secondary N) is 1. The molecule has 0 radical (unpaired) electrons. The van der Waals surface area contributed by atoms with Gasteiger partial charge in [0.05, 0.1) is 18.3 Å². The number of carbonyl (C=O) groups excluding carboxylic acids is 1. The molecule has 0 bridgehead atoms. The number of methoxy groups -OCH3 is 1. The van der Waals surface area contributed by atoms with Crippen molar-refractivity contribution < 1.29 is 17.9 Å². The summed E-state index contributed by atoms with van der Waals surface area (Å²) in [6.07, 6.45) is 3.96. The highest BCUT2D eigenvalue weighted by Gasteiger charge is 2.43. The van der Waals surface area contributed by atoms with Gasteiger partial charge >= 0.3 is 5.97 Å². The van der Waals surface area contributed by atoms with Gasteiger partial charge in [0.1, 0.15) is 0 Å². The monoisotopic (exact) mass is 320 g/mol. The molecule has 2 atom stereocenters. The van der Waals surface area contributed by atoms with Gasteiger partial charge in [0.25, 0.3) is 0 Å². The Labute approximate surface area is 127 Å². The van der Waals surface area contributed by atoms with E-state index >= 15 is 0 Å². The third-order valence-corrected chi connectivity index (χ3v) is 6.79. The molecule has 3 N–H and O–H groups in total. The van der Waals surface area contributed by atoms with Crippen LogP contribution < -0.4 is 10.5 Å². The Morgan fingerprint density at radius 2 is 1.86 bits per heavy atom. The van der Waals surface area contributed by atoms with Gasteiger partial charge in [-0.3, -0.25) is 4.79 Å². The molecule has 2 unspecified atom stereocenters. The van der Waals surface area contributed by atoms with E-state index in [-0.39, 0.29) is 6.54 Å². The lowest BCUT2D eigenvalue weighted by Crippen LogP contribution is -2.56. The number of ether oxygens (including phenoxy) is 1. The van der Waals surface area contributed by atoms with Gasteiger partial charge < -0.3 is 10.5 Å². The van der Waals surface area contributed by atoms with Crippen molar-refractivity contribution in [2.45, 2.75) is 63.2 Å². The second-order valence-corrected chi connectivity index (χ2v) is 7.69. The molecular formula is C14H28N2O4S. The van der Waals surface area contributed by atoms with Crippen molar-refractivity contribution in [3.05, 3.63) is 0 Å². The molecular weight excluding hydrogens is 292 g/mol. The predicted molar refractivity (Wildman–Crippen MR) is 82.2 cm³/mol. The van der Waals surface area contributed by atoms with Crippen LogP contribution in [0.1, 0.15) is 52.4 Å². The molecule has 0 heterocycles. The number of rotatable bonds is 7. The molecule has 0 aromatic carbocycles. The van der Waals surface area contributed by atoms with E-state index in [0.29, 0.717) is 25.7 Å². The summed E-state index contributed by atoms with van der Waals surface area (Å²) in [5.41, 5.74) is 5.14. The minimum atomic E-state index is -3.61. The van der Waals surface area contributed by atoms with E-state index in [0.717, 1.165) is 12.8 Å². The number of hydrogen-bond acceptors (Lipinski definition) is 5. The molecule has 0 spiro atoms. The molecule has 1 rings (SSSR count). The molecule has 1 aliphatic carbocycles. The van der Waals surface area contributed by atoms with E-state index in [4.69, 9.17) is 10.5 Å². The summed E-state index contributed by atoms with van der Waals surface area (Å²) in [5, 5.41) is -0.720. The SMILES string of the molecule is CCC(CC)(CN)NS(=O)(=O)C1CCCCC1C(=O)OC. The first kappa shape index (κ1) is 18.4. The van der Waals surface area contributed by atoms with Crippen LogP contribution in [0.3, 0.4) is 0 Å². The van der Waals surface area contributed by atoms with Crippen molar-refractivity contribution in [3.8, 4) is 0 Å². The molecule has 0 aromatic heterocycles. The Balaban J connectivity index is 3.01. The number of sulfonamides is 1. The summed E-state index contributed by atoms with van der Waals surface area (Å²) in [7, 11) is -2.31. The first-order valence-corrected chi connectivity index (χ1v) is 9.21. The lowest BCUT2D eigenvalue weighted by molar-refractivity contribution is -0.146. The molecule has 0 aromatic rings.